The van der Waals surface area contributed by atoms with Gasteiger partial charge >= 0.3 is 0 Å². The lowest BCUT2D eigenvalue weighted by molar-refractivity contribution is 0.120. The molecule has 1 aromatic heterocycles. The zero-order chi connectivity index (χ0) is 11.4. The van der Waals surface area contributed by atoms with Crippen molar-refractivity contribution in [2.75, 3.05) is 6.54 Å². The Bertz CT molecular complexity index is 312. The predicted molar refractivity (Wildman–Crippen MR) is 63.7 cm³/mol. The Morgan fingerprint density at radius 3 is 2.88 bits per heavy atom. The third-order valence-corrected chi connectivity index (χ3v) is 3.23. The van der Waals surface area contributed by atoms with Crippen LogP contribution in [0.1, 0.15) is 32.0 Å². The highest BCUT2D eigenvalue weighted by atomic mass is 15.2. The first-order valence-electron chi connectivity index (χ1n) is 6.03. The first kappa shape index (κ1) is 11.5. The van der Waals surface area contributed by atoms with Gasteiger partial charge in [-0.15, -0.1) is 0 Å². The van der Waals surface area contributed by atoms with Crippen LogP contribution in [0, 0.1) is 0 Å². The minimum atomic E-state index is 0.226. The van der Waals surface area contributed by atoms with Gasteiger partial charge in [0, 0.05) is 24.5 Å². The van der Waals surface area contributed by atoms with Crippen molar-refractivity contribution in [3.63, 3.8) is 0 Å². The summed E-state index contributed by atoms with van der Waals surface area (Å²) < 4.78 is 0. The van der Waals surface area contributed by atoms with Crippen molar-refractivity contribution in [3.8, 4) is 0 Å². The summed E-state index contributed by atoms with van der Waals surface area (Å²) in [6, 6.07) is 2.56. The highest BCUT2D eigenvalue weighted by Gasteiger charge is 2.25. The average Bonchev–Trinajstić information content (AvgIpc) is 2.31. The predicted octanol–water partition coefficient (Wildman–Crippen LogP) is 1.18. The SMILES string of the molecule is CC(N)C1CCCCN1Cc1ncccn1. The maximum absolute atomic E-state index is 6.03. The molecule has 2 N–H and O–H groups in total. The van der Waals surface area contributed by atoms with Crippen LogP contribution in [0.25, 0.3) is 0 Å². The molecule has 1 aromatic rings. The Kier molecular flexibility index (Phi) is 3.85. The largest absolute Gasteiger partial charge is 0.327 e. The normalized spacial score (nSPS) is 24.2. The van der Waals surface area contributed by atoms with Crippen molar-refractivity contribution >= 4 is 0 Å². The fourth-order valence-corrected chi connectivity index (χ4v) is 2.40. The van der Waals surface area contributed by atoms with Crippen molar-refractivity contribution in [2.24, 2.45) is 5.73 Å². The molecule has 0 saturated carbocycles. The van der Waals surface area contributed by atoms with Crippen molar-refractivity contribution in [1.82, 2.24) is 14.9 Å². The topological polar surface area (TPSA) is 55.0 Å². The molecule has 1 aliphatic rings. The van der Waals surface area contributed by atoms with Crippen molar-refractivity contribution in [1.29, 1.82) is 0 Å². The molecule has 4 heteroatoms. The number of nitrogens with zero attached hydrogens (tertiary/aromatic N) is 3. The van der Waals surface area contributed by atoms with Crippen LogP contribution in [0.2, 0.25) is 0 Å². The van der Waals surface area contributed by atoms with Crippen LogP contribution in [-0.2, 0) is 6.54 Å². The zero-order valence-corrected chi connectivity index (χ0v) is 9.84. The van der Waals surface area contributed by atoms with E-state index in [0.717, 1.165) is 18.9 Å². The van der Waals surface area contributed by atoms with Gasteiger partial charge in [-0.1, -0.05) is 6.42 Å². The van der Waals surface area contributed by atoms with Gasteiger partial charge in [-0.05, 0) is 32.4 Å². The van der Waals surface area contributed by atoms with Crippen molar-refractivity contribution < 1.29 is 0 Å². The molecule has 2 unspecified atom stereocenters. The maximum Gasteiger partial charge on any atom is 0.142 e. The quantitative estimate of drug-likeness (QED) is 0.831. The number of hydrogen-bond donors (Lipinski definition) is 1. The van der Waals surface area contributed by atoms with Crippen molar-refractivity contribution in [2.45, 2.75) is 44.8 Å². The van der Waals surface area contributed by atoms with E-state index >= 15 is 0 Å². The van der Waals surface area contributed by atoms with E-state index < -0.39 is 0 Å². The summed E-state index contributed by atoms with van der Waals surface area (Å²) in [5, 5.41) is 0. The van der Waals surface area contributed by atoms with E-state index in [9.17, 15) is 0 Å². The molecule has 2 rings (SSSR count). The number of hydrogen-bond acceptors (Lipinski definition) is 4. The molecule has 16 heavy (non-hydrogen) atoms. The summed E-state index contributed by atoms with van der Waals surface area (Å²) in [6.45, 7) is 4.03. The van der Waals surface area contributed by atoms with Gasteiger partial charge in [0.05, 0.1) is 6.54 Å². The third kappa shape index (κ3) is 2.77. The average molecular weight is 220 g/mol. The molecule has 1 saturated heterocycles. The molecule has 2 heterocycles. The molecular formula is C12H20N4. The first-order chi connectivity index (χ1) is 7.77. The molecule has 1 fully saturated rings. The summed E-state index contributed by atoms with van der Waals surface area (Å²) in [5.74, 6) is 0.898. The van der Waals surface area contributed by atoms with E-state index in [1.54, 1.807) is 12.4 Å². The second-order valence-electron chi connectivity index (χ2n) is 4.56. The lowest BCUT2D eigenvalue weighted by Crippen LogP contribution is -2.48. The van der Waals surface area contributed by atoms with Gasteiger partial charge in [-0.2, -0.15) is 0 Å². The van der Waals surface area contributed by atoms with Gasteiger partial charge in [0.25, 0.3) is 0 Å². The lowest BCUT2D eigenvalue weighted by Gasteiger charge is -2.37. The van der Waals surface area contributed by atoms with E-state index in [0.29, 0.717) is 6.04 Å². The Balaban J connectivity index is 2.01. The first-order valence-corrected chi connectivity index (χ1v) is 6.03. The van der Waals surface area contributed by atoms with Crippen LogP contribution in [-0.4, -0.2) is 33.5 Å². The Morgan fingerprint density at radius 2 is 2.19 bits per heavy atom. The van der Waals surface area contributed by atoms with Crippen LogP contribution in [0.15, 0.2) is 18.5 Å². The molecule has 0 aliphatic carbocycles. The van der Waals surface area contributed by atoms with E-state index in [1.165, 1.54) is 19.3 Å². The maximum atomic E-state index is 6.03. The minimum Gasteiger partial charge on any atom is -0.327 e. The minimum absolute atomic E-state index is 0.226. The summed E-state index contributed by atoms with van der Waals surface area (Å²) in [7, 11) is 0. The molecule has 0 radical (unpaired) electrons. The third-order valence-electron chi connectivity index (χ3n) is 3.23. The molecule has 2 atom stereocenters. The van der Waals surface area contributed by atoms with Gasteiger partial charge < -0.3 is 5.73 Å². The zero-order valence-electron chi connectivity index (χ0n) is 9.84. The van der Waals surface area contributed by atoms with Gasteiger partial charge in [-0.3, -0.25) is 4.90 Å². The fraction of sp³-hybridized carbons (Fsp3) is 0.667. The second kappa shape index (κ2) is 5.37. The number of piperidine rings is 1. The van der Waals surface area contributed by atoms with Gasteiger partial charge in [0.2, 0.25) is 0 Å². The smallest absolute Gasteiger partial charge is 0.142 e. The molecule has 1 aliphatic heterocycles. The van der Waals surface area contributed by atoms with Crippen molar-refractivity contribution in [3.05, 3.63) is 24.3 Å². The van der Waals surface area contributed by atoms with Crippen LogP contribution in [0.5, 0.6) is 0 Å². The van der Waals surface area contributed by atoms with Crippen LogP contribution in [0.3, 0.4) is 0 Å². The number of aromatic nitrogens is 2. The molecule has 0 aromatic carbocycles. The molecule has 88 valence electrons. The Hall–Kier alpha value is -1.00. The molecule has 0 bridgehead atoms. The summed E-state index contributed by atoms with van der Waals surface area (Å²) >= 11 is 0. The van der Waals surface area contributed by atoms with E-state index in [1.807, 2.05) is 6.07 Å². The molecule has 0 amide bonds. The summed E-state index contributed by atoms with van der Waals surface area (Å²) in [5.41, 5.74) is 6.03. The van der Waals surface area contributed by atoms with E-state index in [-0.39, 0.29) is 6.04 Å². The standard InChI is InChI=1S/C12H20N4/c1-10(13)11-5-2-3-8-16(11)9-12-14-6-4-7-15-12/h4,6-7,10-11H,2-3,5,8-9,13H2,1H3. The Labute approximate surface area is 96.9 Å². The van der Waals surface area contributed by atoms with Crippen LogP contribution < -0.4 is 5.73 Å². The summed E-state index contributed by atoms with van der Waals surface area (Å²) in [6.07, 6.45) is 7.35. The monoisotopic (exact) mass is 220 g/mol. The van der Waals surface area contributed by atoms with E-state index in [2.05, 4.69) is 21.8 Å². The molecule has 0 spiro atoms. The number of likely N-dealkylation sites (tertiary alicyclic amines) is 1. The van der Waals surface area contributed by atoms with E-state index in [4.69, 9.17) is 5.73 Å². The van der Waals surface area contributed by atoms with Gasteiger partial charge in [0.1, 0.15) is 5.82 Å². The number of rotatable bonds is 3. The lowest BCUT2D eigenvalue weighted by atomic mass is 9.97. The second-order valence-corrected chi connectivity index (χ2v) is 4.56. The highest BCUT2D eigenvalue weighted by Crippen LogP contribution is 2.20. The molecular weight excluding hydrogens is 200 g/mol. The van der Waals surface area contributed by atoms with Crippen LogP contribution in [0.4, 0.5) is 0 Å². The fourth-order valence-electron chi connectivity index (χ4n) is 2.40. The highest BCUT2D eigenvalue weighted by molar-refractivity contribution is 4.91. The Morgan fingerprint density at radius 1 is 1.44 bits per heavy atom. The summed E-state index contributed by atoms with van der Waals surface area (Å²) in [4.78, 5) is 11.0. The van der Waals surface area contributed by atoms with Gasteiger partial charge in [0.15, 0.2) is 0 Å². The molecule has 4 nitrogen and oxygen atoms in total. The van der Waals surface area contributed by atoms with Crippen LogP contribution >= 0.6 is 0 Å². The van der Waals surface area contributed by atoms with Gasteiger partial charge in [-0.25, -0.2) is 9.97 Å². The number of nitrogens with two attached hydrogens (primary N) is 1.